The summed E-state index contributed by atoms with van der Waals surface area (Å²) in [5.74, 6) is 0. The molecule has 1 aromatic rings. The fraction of sp³-hybridized carbons (Fsp3) is 0.222. The second-order valence-corrected chi connectivity index (χ2v) is 3.10. The molecule has 11 heavy (non-hydrogen) atoms. The fourth-order valence-electron chi connectivity index (χ4n) is 1.25. The van der Waals surface area contributed by atoms with Gasteiger partial charge in [0.25, 0.3) is 0 Å². The molecule has 1 heterocycles. The molecule has 2 heteroatoms. The first-order valence-corrected chi connectivity index (χ1v) is 4.06. The van der Waals surface area contributed by atoms with Crippen LogP contribution in [-0.4, -0.2) is 4.99 Å². The number of nitrogens with one attached hydrogen (secondary N) is 1. The van der Waals surface area contributed by atoms with Gasteiger partial charge in [0.2, 0.25) is 0 Å². The first kappa shape index (κ1) is 6.80. The average molecular weight is 162 g/mol. The number of rotatable bonds is 0. The number of thiocarbonyl (C=S) groups is 1. The molecule has 1 nitrogen and oxygen atoms in total. The molecule has 0 saturated carbocycles. The lowest BCUT2D eigenvalue weighted by atomic mass is 10.0. The van der Waals surface area contributed by atoms with Gasteiger partial charge in [-0.05, 0) is 24.1 Å². The van der Waals surface area contributed by atoms with Crippen LogP contribution in [0.15, 0.2) is 18.2 Å². The number of anilines is 1. The van der Waals surface area contributed by atoms with Crippen LogP contribution in [0.25, 0.3) is 0 Å². The van der Waals surface area contributed by atoms with Gasteiger partial charge in [-0.15, -0.1) is 0 Å². The molecule has 0 unspecified atom stereocenters. The molecular formula is C9H8NS. The van der Waals surface area contributed by atoms with Gasteiger partial charge in [0.1, 0.15) is 0 Å². The van der Waals surface area contributed by atoms with Gasteiger partial charge in [0.05, 0.1) is 4.99 Å². The molecule has 0 saturated heterocycles. The van der Waals surface area contributed by atoms with Gasteiger partial charge in [0, 0.05) is 12.1 Å². The third-order valence-corrected chi connectivity index (χ3v) is 2.12. The molecule has 1 aromatic carbocycles. The maximum atomic E-state index is 5.06. The lowest BCUT2D eigenvalue weighted by Crippen LogP contribution is -2.16. The van der Waals surface area contributed by atoms with E-state index < -0.39 is 0 Å². The zero-order valence-corrected chi connectivity index (χ0v) is 6.87. The van der Waals surface area contributed by atoms with Crippen LogP contribution in [0.5, 0.6) is 0 Å². The molecule has 0 fully saturated rings. The molecule has 0 amide bonds. The third kappa shape index (κ3) is 1.26. The summed E-state index contributed by atoms with van der Waals surface area (Å²) in [7, 11) is 0. The molecule has 55 valence electrons. The van der Waals surface area contributed by atoms with Crippen molar-refractivity contribution in [2.24, 2.45) is 0 Å². The van der Waals surface area contributed by atoms with Crippen LogP contribution in [0.2, 0.25) is 0 Å². The maximum absolute atomic E-state index is 5.06. The fourth-order valence-corrected chi connectivity index (χ4v) is 1.46. The van der Waals surface area contributed by atoms with Crippen molar-refractivity contribution in [3.05, 3.63) is 29.8 Å². The van der Waals surface area contributed by atoms with Crippen molar-refractivity contribution in [3.8, 4) is 0 Å². The zero-order chi connectivity index (χ0) is 7.68. The SMILES string of the molecule is S=C1CCc2[c]cccc2N1. The van der Waals surface area contributed by atoms with Gasteiger partial charge in [-0.2, -0.15) is 0 Å². The number of hydrogen-bond donors (Lipinski definition) is 1. The Balaban J connectivity index is 2.41. The molecule has 0 aliphatic carbocycles. The minimum absolute atomic E-state index is 0.942. The van der Waals surface area contributed by atoms with E-state index in [-0.39, 0.29) is 0 Å². The minimum Gasteiger partial charge on any atom is -0.350 e. The summed E-state index contributed by atoms with van der Waals surface area (Å²) in [5, 5.41) is 3.16. The molecule has 0 bridgehead atoms. The maximum Gasteiger partial charge on any atom is 0.0800 e. The molecule has 1 aliphatic heterocycles. The second-order valence-electron chi connectivity index (χ2n) is 2.61. The topological polar surface area (TPSA) is 12.0 Å². The lowest BCUT2D eigenvalue weighted by molar-refractivity contribution is 1.02. The highest BCUT2D eigenvalue weighted by Crippen LogP contribution is 2.21. The number of hydrogen-bond acceptors (Lipinski definition) is 1. The summed E-state index contributed by atoms with van der Waals surface area (Å²) in [6.07, 6.45) is 1.99. The monoisotopic (exact) mass is 162 g/mol. The van der Waals surface area contributed by atoms with Crippen LogP contribution in [0.1, 0.15) is 12.0 Å². The summed E-state index contributed by atoms with van der Waals surface area (Å²) in [6, 6.07) is 9.14. The van der Waals surface area contributed by atoms with E-state index in [0.717, 1.165) is 23.5 Å². The summed E-state index contributed by atoms with van der Waals surface area (Å²) in [4.78, 5) is 0.942. The Morgan fingerprint density at radius 2 is 2.36 bits per heavy atom. The van der Waals surface area contributed by atoms with Crippen LogP contribution < -0.4 is 5.32 Å². The largest absolute Gasteiger partial charge is 0.350 e. The summed E-state index contributed by atoms with van der Waals surface area (Å²) >= 11 is 5.06. The van der Waals surface area contributed by atoms with E-state index in [4.69, 9.17) is 12.2 Å². The number of fused-ring (bicyclic) bond motifs is 1. The third-order valence-electron chi connectivity index (χ3n) is 1.82. The van der Waals surface area contributed by atoms with E-state index in [1.54, 1.807) is 0 Å². The Morgan fingerprint density at radius 1 is 1.45 bits per heavy atom. The van der Waals surface area contributed by atoms with Crippen molar-refractivity contribution in [1.82, 2.24) is 0 Å². The van der Waals surface area contributed by atoms with Crippen molar-refractivity contribution in [2.75, 3.05) is 5.32 Å². The van der Waals surface area contributed by atoms with E-state index in [2.05, 4.69) is 11.4 Å². The first-order valence-electron chi connectivity index (χ1n) is 3.66. The predicted octanol–water partition coefficient (Wildman–Crippen LogP) is 2.17. The van der Waals surface area contributed by atoms with E-state index in [0.29, 0.717) is 0 Å². The van der Waals surface area contributed by atoms with Crippen LogP contribution in [0.4, 0.5) is 5.69 Å². The molecule has 1 radical (unpaired) electrons. The molecule has 2 rings (SSSR count). The summed E-state index contributed by atoms with van der Waals surface area (Å²) in [5.41, 5.74) is 2.38. The van der Waals surface area contributed by atoms with Gasteiger partial charge in [0.15, 0.2) is 0 Å². The second kappa shape index (κ2) is 2.62. The number of aryl methyl sites for hydroxylation is 1. The Hall–Kier alpha value is -0.890. The van der Waals surface area contributed by atoms with Gasteiger partial charge in [-0.1, -0.05) is 24.4 Å². The Kier molecular flexibility index (Phi) is 1.62. The van der Waals surface area contributed by atoms with Crippen LogP contribution in [0, 0.1) is 6.07 Å². The Bertz CT molecular complexity index is 293. The van der Waals surface area contributed by atoms with Crippen molar-refractivity contribution < 1.29 is 0 Å². The van der Waals surface area contributed by atoms with Gasteiger partial charge >= 0.3 is 0 Å². The van der Waals surface area contributed by atoms with Gasteiger partial charge in [-0.3, -0.25) is 0 Å². The predicted molar refractivity (Wildman–Crippen MR) is 49.8 cm³/mol. The van der Waals surface area contributed by atoms with Crippen molar-refractivity contribution in [3.63, 3.8) is 0 Å². The Morgan fingerprint density at radius 3 is 3.27 bits per heavy atom. The van der Waals surface area contributed by atoms with E-state index in [1.165, 1.54) is 5.56 Å². The molecular weight excluding hydrogens is 154 g/mol. The molecule has 0 spiro atoms. The number of benzene rings is 1. The standard InChI is InChI=1S/C9H8NS/c11-9-6-5-7-3-1-2-4-8(7)10-9/h1-2,4H,5-6H2,(H,10,11). The quantitative estimate of drug-likeness (QED) is 0.587. The van der Waals surface area contributed by atoms with Crippen molar-refractivity contribution in [2.45, 2.75) is 12.8 Å². The minimum atomic E-state index is 0.942. The summed E-state index contributed by atoms with van der Waals surface area (Å²) in [6.45, 7) is 0. The van der Waals surface area contributed by atoms with E-state index in [1.807, 2.05) is 18.2 Å². The molecule has 1 aliphatic rings. The average Bonchev–Trinajstić information content (AvgIpc) is 2.04. The van der Waals surface area contributed by atoms with E-state index in [9.17, 15) is 0 Å². The van der Waals surface area contributed by atoms with Crippen molar-refractivity contribution in [1.29, 1.82) is 0 Å². The molecule has 0 atom stereocenters. The van der Waals surface area contributed by atoms with E-state index >= 15 is 0 Å². The van der Waals surface area contributed by atoms with Gasteiger partial charge in [-0.25, -0.2) is 0 Å². The van der Waals surface area contributed by atoms with Crippen LogP contribution in [0.3, 0.4) is 0 Å². The molecule has 0 aromatic heterocycles. The van der Waals surface area contributed by atoms with Crippen molar-refractivity contribution >= 4 is 22.9 Å². The van der Waals surface area contributed by atoms with Crippen LogP contribution in [-0.2, 0) is 6.42 Å². The Labute approximate surface area is 71.4 Å². The molecule has 1 N–H and O–H groups in total. The van der Waals surface area contributed by atoms with Gasteiger partial charge < -0.3 is 5.32 Å². The highest BCUT2D eigenvalue weighted by atomic mass is 32.1. The lowest BCUT2D eigenvalue weighted by Gasteiger charge is -2.17. The normalized spacial score (nSPS) is 15.5. The first-order chi connectivity index (χ1) is 5.36. The zero-order valence-electron chi connectivity index (χ0n) is 6.05. The highest BCUT2D eigenvalue weighted by molar-refractivity contribution is 7.80. The highest BCUT2D eigenvalue weighted by Gasteiger charge is 2.09. The smallest absolute Gasteiger partial charge is 0.0800 e. The summed E-state index contributed by atoms with van der Waals surface area (Å²) < 4.78 is 0. The van der Waals surface area contributed by atoms with Crippen LogP contribution >= 0.6 is 12.2 Å².